The van der Waals surface area contributed by atoms with Gasteiger partial charge in [-0.05, 0) is 53.4 Å². The number of halogens is 1. The first-order chi connectivity index (χ1) is 11.8. The van der Waals surface area contributed by atoms with Crippen molar-refractivity contribution < 1.29 is 13.2 Å². The summed E-state index contributed by atoms with van der Waals surface area (Å²) in [6, 6.07) is 6.65. The Balaban J connectivity index is 1.93. The number of sulfonamides is 1. The molecule has 1 saturated carbocycles. The highest BCUT2D eigenvalue weighted by atomic mass is 35.5. The largest absolute Gasteiger partial charge is 0.331 e. The molecule has 1 heterocycles. The number of carbonyl (C=O) groups is 1. The summed E-state index contributed by atoms with van der Waals surface area (Å²) >= 11 is 7.66. The Hall–Kier alpha value is -1.41. The van der Waals surface area contributed by atoms with Gasteiger partial charge in [-0.1, -0.05) is 11.6 Å². The summed E-state index contributed by atoms with van der Waals surface area (Å²) in [6.45, 7) is 0.533. The van der Waals surface area contributed by atoms with Crippen LogP contribution in [0.1, 0.15) is 28.8 Å². The normalized spacial score (nSPS) is 14.7. The van der Waals surface area contributed by atoms with E-state index in [1.54, 1.807) is 17.4 Å². The van der Waals surface area contributed by atoms with Gasteiger partial charge >= 0.3 is 0 Å². The van der Waals surface area contributed by atoms with Crippen LogP contribution in [0.2, 0.25) is 5.02 Å². The number of thiophene rings is 1. The van der Waals surface area contributed by atoms with E-state index >= 15 is 0 Å². The number of hydrogen-bond donors (Lipinski definition) is 0. The van der Waals surface area contributed by atoms with E-state index in [0.29, 0.717) is 12.1 Å². The quantitative estimate of drug-likeness (QED) is 0.748. The van der Waals surface area contributed by atoms with E-state index in [2.05, 4.69) is 0 Å². The van der Waals surface area contributed by atoms with Crippen LogP contribution in [0.25, 0.3) is 0 Å². The molecule has 0 spiro atoms. The van der Waals surface area contributed by atoms with Crippen LogP contribution in [-0.4, -0.2) is 43.7 Å². The molecule has 0 atom stereocenters. The van der Waals surface area contributed by atoms with Crippen molar-refractivity contribution >= 4 is 38.9 Å². The molecule has 134 valence electrons. The maximum absolute atomic E-state index is 13.0. The van der Waals surface area contributed by atoms with E-state index in [1.807, 2.05) is 21.7 Å². The van der Waals surface area contributed by atoms with Crippen LogP contribution in [-0.2, 0) is 16.6 Å². The summed E-state index contributed by atoms with van der Waals surface area (Å²) in [5.74, 6) is -0.166. The van der Waals surface area contributed by atoms with E-state index < -0.39 is 10.0 Å². The molecule has 0 radical (unpaired) electrons. The second-order valence-electron chi connectivity index (χ2n) is 6.23. The molecule has 1 aromatic carbocycles. The number of hydrogen-bond acceptors (Lipinski definition) is 4. The summed E-state index contributed by atoms with van der Waals surface area (Å²) in [4.78, 5) is 14.8. The first kappa shape index (κ1) is 18.4. The van der Waals surface area contributed by atoms with Crippen LogP contribution in [0, 0.1) is 0 Å². The lowest BCUT2D eigenvalue weighted by atomic mass is 10.2. The number of nitrogens with zero attached hydrogens (tertiary/aromatic N) is 2. The molecule has 1 aromatic heterocycles. The van der Waals surface area contributed by atoms with Crippen LogP contribution in [0.15, 0.2) is 39.9 Å². The van der Waals surface area contributed by atoms with Gasteiger partial charge in [-0.25, -0.2) is 12.7 Å². The molecule has 1 aliphatic carbocycles. The third kappa shape index (κ3) is 3.89. The standard InChI is InChI=1S/C17H19ClN2O3S2/c1-19(2)25(22,23)16-9-13(3-6-15(16)18)17(21)20(14-4-5-14)10-12-7-8-24-11-12/h3,6-9,11,14H,4-5,10H2,1-2H3. The summed E-state index contributed by atoms with van der Waals surface area (Å²) in [7, 11) is -0.836. The molecular weight excluding hydrogens is 380 g/mol. The van der Waals surface area contributed by atoms with Crippen molar-refractivity contribution in [2.75, 3.05) is 14.1 Å². The van der Waals surface area contributed by atoms with Gasteiger partial charge in [-0.15, -0.1) is 0 Å². The van der Waals surface area contributed by atoms with Crippen molar-refractivity contribution in [1.29, 1.82) is 0 Å². The third-order valence-corrected chi connectivity index (χ3v) is 7.15. The first-order valence-electron chi connectivity index (χ1n) is 7.85. The lowest BCUT2D eigenvalue weighted by Crippen LogP contribution is -2.32. The average molecular weight is 399 g/mol. The maximum atomic E-state index is 13.0. The summed E-state index contributed by atoms with van der Waals surface area (Å²) < 4.78 is 25.9. The molecule has 3 rings (SSSR count). The van der Waals surface area contributed by atoms with E-state index in [-0.39, 0.29) is 21.9 Å². The van der Waals surface area contributed by atoms with Crippen LogP contribution in [0.5, 0.6) is 0 Å². The van der Waals surface area contributed by atoms with Crippen molar-refractivity contribution in [2.45, 2.75) is 30.3 Å². The molecule has 8 heteroatoms. The lowest BCUT2D eigenvalue weighted by molar-refractivity contribution is 0.0730. The van der Waals surface area contributed by atoms with Crippen molar-refractivity contribution in [3.63, 3.8) is 0 Å². The molecule has 0 aliphatic heterocycles. The van der Waals surface area contributed by atoms with Crippen molar-refractivity contribution in [3.05, 3.63) is 51.2 Å². The van der Waals surface area contributed by atoms with E-state index in [0.717, 1.165) is 22.7 Å². The summed E-state index contributed by atoms with van der Waals surface area (Å²) in [5, 5.41) is 4.11. The first-order valence-corrected chi connectivity index (χ1v) is 10.6. The number of rotatable bonds is 6. The Morgan fingerprint density at radius 1 is 1.28 bits per heavy atom. The van der Waals surface area contributed by atoms with Gasteiger partial charge in [0.2, 0.25) is 10.0 Å². The predicted molar refractivity (Wildman–Crippen MR) is 99.5 cm³/mol. The van der Waals surface area contributed by atoms with Gasteiger partial charge in [0.05, 0.1) is 5.02 Å². The fourth-order valence-electron chi connectivity index (χ4n) is 2.53. The zero-order chi connectivity index (χ0) is 18.2. The molecule has 25 heavy (non-hydrogen) atoms. The monoisotopic (exact) mass is 398 g/mol. The molecule has 0 N–H and O–H groups in total. The zero-order valence-corrected chi connectivity index (χ0v) is 16.4. The number of benzene rings is 1. The van der Waals surface area contributed by atoms with Crippen molar-refractivity contribution in [3.8, 4) is 0 Å². The molecule has 5 nitrogen and oxygen atoms in total. The van der Waals surface area contributed by atoms with E-state index in [1.165, 1.54) is 26.2 Å². The van der Waals surface area contributed by atoms with Gasteiger partial charge in [-0.2, -0.15) is 11.3 Å². The fourth-order valence-corrected chi connectivity index (χ4v) is 4.58. The number of amides is 1. The van der Waals surface area contributed by atoms with Crippen LogP contribution in [0.4, 0.5) is 0 Å². The smallest absolute Gasteiger partial charge is 0.254 e. The van der Waals surface area contributed by atoms with Gasteiger partial charge in [0, 0.05) is 32.2 Å². The minimum Gasteiger partial charge on any atom is -0.331 e. The van der Waals surface area contributed by atoms with Crippen LogP contribution < -0.4 is 0 Å². The van der Waals surface area contributed by atoms with E-state index in [4.69, 9.17) is 11.6 Å². The second-order valence-corrected chi connectivity index (χ2v) is 9.54. The zero-order valence-electron chi connectivity index (χ0n) is 14.0. The highest BCUT2D eigenvalue weighted by Gasteiger charge is 2.34. The van der Waals surface area contributed by atoms with Crippen LogP contribution in [0.3, 0.4) is 0 Å². The van der Waals surface area contributed by atoms with Crippen molar-refractivity contribution in [1.82, 2.24) is 9.21 Å². The molecular formula is C17H19ClN2O3S2. The Morgan fingerprint density at radius 2 is 2.00 bits per heavy atom. The topological polar surface area (TPSA) is 57.7 Å². The third-order valence-electron chi connectivity index (χ3n) is 4.12. The van der Waals surface area contributed by atoms with Gasteiger partial charge in [-0.3, -0.25) is 4.79 Å². The Labute approximate surface area is 156 Å². The maximum Gasteiger partial charge on any atom is 0.254 e. The summed E-state index contributed by atoms with van der Waals surface area (Å²) in [5.41, 5.74) is 1.42. The number of carbonyl (C=O) groups excluding carboxylic acids is 1. The highest BCUT2D eigenvalue weighted by Crippen LogP contribution is 2.31. The summed E-state index contributed by atoms with van der Waals surface area (Å²) in [6.07, 6.45) is 1.96. The molecule has 0 unspecified atom stereocenters. The Morgan fingerprint density at radius 3 is 2.56 bits per heavy atom. The fraction of sp³-hybridized carbons (Fsp3) is 0.353. The SMILES string of the molecule is CN(C)S(=O)(=O)c1cc(C(=O)N(Cc2ccsc2)C2CC2)ccc1Cl. The second kappa shape index (κ2) is 7.07. The molecule has 0 bridgehead atoms. The average Bonchev–Trinajstić information content (AvgIpc) is 3.28. The minimum absolute atomic E-state index is 0.0451. The van der Waals surface area contributed by atoms with Gasteiger partial charge < -0.3 is 4.90 Å². The molecule has 1 amide bonds. The lowest BCUT2D eigenvalue weighted by Gasteiger charge is -2.23. The Kier molecular flexibility index (Phi) is 5.20. The van der Waals surface area contributed by atoms with Gasteiger partial charge in [0.25, 0.3) is 5.91 Å². The van der Waals surface area contributed by atoms with Gasteiger partial charge in [0.15, 0.2) is 0 Å². The molecule has 1 fully saturated rings. The van der Waals surface area contributed by atoms with Crippen molar-refractivity contribution in [2.24, 2.45) is 0 Å². The molecule has 1 aliphatic rings. The predicted octanol–water partition coefficient (Wildman–Crippen LogP) is 3.46. The minimum atomic E-state index is -3.71. The molecule has 0 saturated heterocycles. The Bertz CT molecular complexity index is 875. The van der Waals surface area contributed by atoms with Crippen LogP contribution >= 0.6 is 22.9 Å². The highest BCUT2D eigenvalue weighted by molar-refractivity contribution is 7.89. The van der Waals surface area contributed by atoms with E-state index in [9.17, 15) is 13.2 Å². The molecule has 2 aromatic rings. The van der Waals surface area contributed by atoms with Gasteiger partial charge in [0.1, 0.15) is 4.90 Å².